The van der Waals surface area contributed by atoms with Crippen LogP contribution in [0.15, 0.2) is 18.2 Å². The summed E-state index contributed by atoms with van der Waals surface area (Å²) < 4.78 is 0. The molecule has 1 aromatic carbocycles. The Morgan fingerprint density at radius 1 is 1.09 bits per heavy atom. The molecule has 120 valence electrons. The van der Waals surface area contributed by atoms with Crippen molar-refractivity contribution in [3.05, 3.63) is 34.9 Å². The number of nitrogens with zero attached hydrogens (tertiary/aromatic N) is 2. The van der Waals surface area contributed by atoms with Gasteiger partial charge in [0.25, 0.3) is 5.91 Å². The maximum Gasteiger partial charge on any atom is 0.253 e. The molecule has 3 nitrogen and oxygen atoms in total. The summed E-state index contributed by atoms with van der Waals surface area (Å²) in [7, 11) is 4.35. The SMILES string of the molecule is Cc1cc(C)cc(C(=O)N2CCC3(CC2)CC(N(C)C)C3)c1. The molecular weight excluding hydrogens is 272 g/mol. The molecule has 1 aliphatic carbocycles. The van der Waals surface area contributed by atoms with E-state index in [-0.39, 0.29) is 5.91 Å². The minimum absolute atomic E-state index is 0.213. The lowest BCUT2D eigenvalue weighted by Gasteiger charge is -2.54. The van der Waals surface area contributed by atoms with E-state index in [0.29, 0.717) is 5.41 Å². The molecule has 0 unspecified atom stereocenters. The van der Waals surface area contributed by atoms with Gasteiger partial charge >= 0.3 is 0 Å². The summed E-state index contributed by atoms with van der Waals surface area (Å²) in [5.41, 5.74) is 3.72. The first-order chi connectivity index (χ1) is 10.4. The third-order valence-corrected chi connectivity index (χ3v) is 5.65. The highest BCUT2D eigenvalue weighted by atomic mass is 16.2. The highest BCUT2D eigenvalue weighted by Crippen LogP contribution is 2.50. The lowest BCUT2D eigenvalue weighted by molar-refractivity contribution is -0.0231. The number of benzene rings is 1. The molecule has 1 heterocycles. The van der Waals surface area contributed by atoms with E-state index in [0.717, 1.165) is 24.7 Å². The number of carbonyl (C=O) groups is 1. The van der Waals surface area contributed by atoms with Gasteiger partial charge in [-0.1, -0.05) is 17.2 Å². The van der Waals surface area contributed by atoms with Crippen molar-refractivity contribution in [1.82, 2.24) is 9.80 Å². The van der Waals surface area contributed by atoms with Gasteiger partial charge in [-0.25, -0.2) is 0 Å². The van der Waals surface area contributed by atoms with Gasteiger partial charge in [-0.3, -0.25) is 4.79 Å². The fourth-order valence-electron chi connectivity index (χ4n) is 4.18. The minimum atomic E-state index is 0.213. The van der Waals surface area contributed by atoms with Crippen molar-refractivity contribution in [2.24, 2.45) is 5.41 Å². The molecule has 1 aromatic rings. The minimum Gasteiger partial charge on any atom is -0.339 e. The van der Waals surface area contributed by atoms with E-state index in [9.17, 15) is 4.79 Å². The summed E-state index contributed by atoms with van der Waals surface area (Å²) in [5.74, 6) is 0.213. The van der Waals surface area contributed by atoms with Crippen LogP contribution in [0.4, 0.5) is 0 Å². The lowest BCUT2D eigenvalue weighted by Crippen LogP contribution is -2.54. The third kappa shape index (κ3) is 2.91. The van der Waals surface area contributed by atoms with Crippen LogP contribution >= 0.6 is 0 Å². The summed E-state index contributed by atoms with van der Waals surface area (Å²) in [5, 5.41) is 0. The topological polar surface area (TPSA) is 23.6 Å². The Labute approximate surface area is 134 Å². The highest BCUT2D eigenvalue weighted by molar-refractivity contribution is 5.94. The Balaban J connectivity index is 1.61. The first-order valence-electron chi connectivity index (χ1n) is 8.43. The Kier molecular flexibility index (Phi) is 4.02. The van der Waals surface area contributed by atoms with Crippen LogP contribution in [0.3, 0.4) is 0 Å². The van der Waals surface area contributed by atoms with Crippen molar-refractivity contribution in [2.75, 3.05) is 27.2 Å². The molecule has 1 spiro atoms. The van der Waals surface area contributed by atoms with E-state index >= 15 is 0 Å². The normalized spacial score (nSPS) is 21.2. The van der Waals surface area contributed by atoms with Crippen LogP contribution in [0.25, 0.3) is 0 Å². The predicted molar refractivity (Wildman–Crippen MR) is 90.2 cm³/mol. The van der Waals surface area contributed by atoms with Crippen LogP contribution in [0.1, 0.15) is 47.2 Å². The molecule has 22 heavy (non-hydrogen) atoms. The van der Waals surface area contributed by atoms with E-state index in [2.05, 4.69) is 43.8 Å². The second-order valence-corrected chi connectivity index (χ2v) is 7.69. The Morgan fingerprint density at radius 3 is 2.14 bits per heavy atom. The molecule has 3 rings (SSSR count). The zero-order valence-electron chi connectivity index (χ0n) is 14.4. The first kappa shape index (κ1) is 15.5. The lowest BCUT2D eigenvalue weighted by atomic mass is 9.60. The van der Waals surface area contributed by atoms with Gasteiger partial charge in [0.1, 0.15) is 0 Å². The van der Waals surface area contributed by atoms with Crippen LogP contribution in [0.2, 0.25) is 0 Å². The molecule has 0 radical (unpaired) electrons. The standard InChI is InChI=1S/C19H28N2O/c1-14-9-15(2)11-16(10-14)18(22)21-7-5-19(6-8-21)12-17(13-19)20(3)4/h9-11,17H,5-8,12-13H2,1-4H3. The Morgan fingerprint density at radius 2 is 1.64 bits per heavy atom. The molecule has 1 saturated heterocycles. The smallest absolute Gasteiger partial charge is 0.253 e. The van der Waals surface area contributed by atoms with E-state index < -0.39 is 0 Å². The fourth-order valence-corrected chi connectivity index (χ4v) is 4.18. The number of amides is 1. The average Bonchev–Trinajstić information content (AvgIpc) is 2.43. The van der Waals surface area contributed by atoms with Gasteiger partial charge in [0.15, 0.2) is 0 Å². The predicted octanol–water partition coefficient (Wildman–Crippen LogP) is 3.25. The highest BCUT2D eigenvalue weighted by Gasteiger charge is 2.46. The molecule has 1 saturated carbocycles. The number of aryl methyl sites for hydroxylation is 2. The largest absolute Gasteiger partial charge is 0.339 e. The first-order valence-corrected chi connectivity index (χ1v) is 8.43. The number of piperidine rings is 1. The number of hydrogen-bond acceptors (Lipinski definition) is 2. The van der Waals surface area contributed by atoms with Crippen molar-refractivity contribution < 1.29 is 4.79 Å². The second kappa shape index (κ2) is 5.69. The zero-order chi connectivity index (χ0) is 15.9. The molecule has 0 aromatic heterocycles. The van der Waals surface area contributed by atoms with Crippen LogP contribution in [0, 0.1) is 19.3 Å². The summed E-state index contributed by atoms with van der Waals surface area (Å²) in [6, 6.07) is 6.91. The van der Waals surface area contributed by atoms with Crippen molar-refractivity contribution in [3.8, 4) is 0 Å². The van der Waals surface area contributed by atoms with Gasteiger partial charge in [-0.05, 0) is 71.2 Å². The van der Waals surface area contributed by atoms with Crippen molar-refractivity contribution >= 4 is 5.91 Å². The monoisotopic (exact) mass is 300 g/mol. The van der Waals surface area contributed by atoms with E-state index in [1.54, 1.807) is 0 Å². The fraction of sp³-hybridized carbons (Fsp3) is 0.632. The summed E-state index contributed by atoms with van der Waals surface area (Å²) in [6.45, 7) is 5.97. The van der Waals surface area contributed by atoms with Gasteiger partial charge < -0.3 is 9.80 Å². The molecular formula is C19H28N2O. The van der Waals surface area contributed by atoms with Crippen molar-refractivity contribution in [1.29, 1.82) is 0 Å². The van der Waals surface area contributed by atoms with Crippen LogP contribution in [-0.2, 0) is 0 Å². The van der Waals surface area contributed by atoms with Gasteiger partial charge in [-0.15, -0.1) is 0 Å². The summed E-state index contributed by atoms with van der Waals surface area (Å²) in [6.07, 6.45) is 4.97. The van der Waals surface area contributed by atoms with Gasteiger partial charge in [0, 0.05) is 24.7 Å². The van der Waals surface area contributed by atoms with Gasteiger partial charge in [-0.2, -0.15) is 0 Å². The molecule has 1 aliphatic heterocycles. The average molecular weight is 300 g/mol. The van der Waals surface area contributed by atoms with E-state index in [1.807, 2.05) is 12.1 Å². The quantitative estimate of drug-likeness (QED) is 0.837. The van der Waals surface area contributed by atoms with E-state index in [4.69, 9.17) is 0 Å². The van der Waals surface area contributed by atoms with Gasteiger partial charge in [0.05, 0.1) is 0 Å². The third-order valence-electron chi connectivity index (χ3n) is 5.65. The molecule has 0 atom stereocenters. The number of likely N-dealkylation sites (tertiary alicyclic amines) is 1. The van der Waals surface area contributed by atoms with Crippen LogP contribution in [0.5, 0.6) is 0 Å². The Hall–Kier alpha value is -1.35. The van der Waals surface area contributed by atoms with Crippen molar-refractivity contribution in [2.45, 2.75) is 45.6 Å². The number of hydrogen-bond donors (Lipinski definition) is 0. The second-order valence-electron chi connectivity index (χ2n) is 7.69. The molecule has 0 bridgehead atoms. The van der Waals surface area contributed by atoms with Crippen molar-refractivity contribution in [3.63, 3.8) is 0 Å². The zero-order valence-corrected chi connectivity index (χ0v) is 14.4. The molecule has 1 amide bonds. The summed E-state index contributed by atoms with van der Waals surface area (Å²) >= 11 is 0. The number of rotatable bonds is 2. The van der Waals surface area contributed by atoms with Crippen LogP contribution < -0.4 is 0 Å². The number of carbonyl (C=O) groups excluding carboxylic acids is 1. The van der Waals surface area contributed by atoms with E-state index in [1.165, 1.54) is 36.8 Å². The molecule has 2 fully saturated rings. The molecule has 3 heteroatoms. The maximum atomic E-state index is 12.7. The van der Waals surface area contributed by atoms with Gasteiger partial charge in [0.2, 0.25) is 0 Å². The molecule has 2 aliphatic rings. The Bertz CT molecular complexity index is 543. The summed E-state index contributed by atoms with van der Waals surface area (Å²) in [4.78, 5) is 17.1. The molecule has 0 N–H and O–H groups in total. The maximum absolute atomic E-state index is 12.7. The van der Waals surface area contributed by atoms with Crippen LogP contribution in [-0.4, -0.2) is 48.9 Å².